The van der Waals surface area contributed by atoms with Gasteiger partial charge in [-0.15, -0.1) is 0 Å². The molecule has 0 radical (unpaired) electrons. The molecule has 1 saturated heterocycles. The summed E-state index contributed by atoms with van der Waals surface area (Å²) in [7, 11) is 0. The third-order valence-corrected chi connectivity index (χ3v) is 6.10. The lowest BCUT2D eigenvalue weighted by Gasteiger charge is -2.32. The zero-order chi connectivity index (χ0) is 20.9. The monoisotopic (exact) mass is 409 g/mol. The Morgan fingerprint density at radius 1 is 1.03 bits per heavy atom. The van der Waals surface area contributed by atoms with E-state index in [0.29, 0.717) is 30.2 Å². The van der Waals surface area contributed by atoms with Gasteiger partial charge in [-0.1, -0.05) is 12.1 Å². The summed E-state index contributed by atoms with van der Waals surface area (Å²) in [6.07, 6.45) is 6.92. The quantitative estimate of drug-likeness (QED) is 0.759. The van der Waals surface area contributed by atoms with Crippen molar-refractivity contribution in [1.29, 1.82) is 0 Å². The smallest absolute Gasteiger partial charge is 0.252 e. The van der Waals surface area contributed by atoms with Gasteiger partial charge >= 0.3 is 0 Å². The zero-order valence-electron chi connectivity index (χ0n) is 17.1. The summed E-state index contributed by atoms with van der Waals surface area (Å²) in [6, 6.07) is 10.1. The summed E-state index contributed by atoms with van der Waals surface area (Å²) in [6.45, 7) is 2.20. The van der Waals surface area contributed by atoms with Gasteiger partial charge in [-0.3, -0.25) is 14.6 Å². The lowest BCUT2D eigenvalue weighted by atomic mass is 9.92. The van der Waals surface area contributed by atoms with E-state index in [2.05, 4.69) is 10.3 Å². The Balaban J connectivity index is 1.22. The number of rotatable bonds is 7. The van der Waals surface area contributed by atoms with Crippen molar-refractivity contribution in [1.82, 2.24) is 15.2 Å². The first-order chi connectivity index (χ1) is 14.6. The predicted molar refractivity (Wildman–Crippen MR) is 113 cm³/mol. The van der Waals surface area contributed by atoms with E-state index in [1.807, 2.05) is 17.0 Å². The van der Waals surface area contributed by atoms with Gasteiger partial charge in [-0.05, 0) is 67.9 Å². The van der Waals surface area contributed by atoms with Crippen molar-refractivity contribution in [3.63, 3.8) is 0 Å². The SMILES string of the molecule is O=C(NCC1CC1)c1ccc(C2CCN(C(=O)CCc3ccc(F)cc3)CC2)nc1. The van der Waals surface area contributed by atoms with Crippen LogP contribution in [0.25, 0.3) is 0 Å². The lowest BCUT2D eigenvalue weighted by molar-refractivity contribution is -0.132. The summed E-state index contributed by atoms with van der Waals surface area (Å²) in [4.78, 5) is 31.1. The largest absolute Gasteiger partial charge is 0.352 e. The summed E-state index contributed by atoms with van der Waals surface area (Å²) >= 11 is 0. The molecule has 1 aromatic carbocycles. The van der Waals surface area contributed by atoms with Gasteiger partial charge < -0.3 is 10.2 Å². The molecular weight excluding hydrogens is 381 g/mol. The number of hydrogen-bond acceptors (Lipinski definition) is 3. The number of likely N-dealkylation sites (tertiary alicyclic amines) is 1. The molecule has 0 unspecified atom stereocenters. The number of carbonyl (C=O) groups is 2. The third kappa shape index (κ3) is 5.43. The van der Waals surface area contributed by atoms with E-state index in [-0.39, 0.29) is 17.6 Å². The number of piperidine rings is 1. The first-order valence-corrected chi connectivity index (χ1v) is 10.8. The second kappa shape index (κ2) is 9.37. The number of nitrogens with zero attached hydrogens (tertiary/aromatic N) is 2. The van der Waals surface area contributed by atoms with E-state index in [0.717, 1.165) is 43.7 Å². The second-order valence-electron chi connectivity index (χ2n) is 8.41. The highest BCUT2D eigenvalue weighted by molar-refractivity contribution is 5.93. The molecule has 1 aromatic heterocycles. The summed E-state index contributed by atoms with van der Waals surface area (Å²) in [5, 5.41) is 2.96. The molecule has 6 heteroatoms. The summed E-state index contributed by atoms with van der Waals surface area (Å²) in [5.41, 5.74) is 2.57. The van der Waals surface area contributed by atoms with Gasteiger partial charge in [0.15, 0.2) is 0 Å². The molecule has 158 valence electrons. The van der Waals surface area contributed by atoms with Gasteiger partial charge in [0.25, 0.3) is 5.91 Å². The maximum absolute atomic E-state index is 13.0. The van der Waals surface area contributed by atoms with Crippen LogP contribution in [0.4, 0.5) is 4.39 Å². The number of benzene rings is 1. The molecule has 2 aromatic rings. The Morgan fingerprint density at radius 3 is 2.40 bits per heavy atom. The minimum absolute atomic E-state index is 0.0532. The first-order valence-electron chi connectivity index (χ1n) is 10.8. The van der Waals surface area contributed by atoms with Crippen molar-refractivity contribution >= 4 is 11.8 Å². The number of halogens is 1. The molecular formula is C24H28FN3O2. The van der Waals surface area contributed by atoms with Crippen LogP contribution in [0.2, 0.25) is 0 Å². The number of carbonyl (C=O) groups excluding carboxylic acids is 2. The van der Waals surface area contributed by atoms with Crippen molar-refractivity contribution in [2.45, 2.75) is 44.4 Å². The Kier molecular flexibility index (Phi) is 6.41. The van der Waals surface area contributed by atoms with E-state index in [4.69, 9.17) is 0 Å². The number of aryl methyl sites for hydroxylation is 1. The highest BCUT2D eigenvalue weighted by Gasteiger charge is 2.25. The van der Waals surface area contributed by atoms with Crippen molar-refractivity contribution in [3.05, 3.63) is 65.2 Å². The highest BCUT2D eigenvalue weighted by Crippen LogP contribution is 2.28. The van der Waals surface area contributed by atoms with Gasteiger partial charge in [-0.25, -0.2) is 4.39 Å². The minimum Gasteiger partial charge on any atom is -0.352 e. The van der Waals surface area contributed by atoms with Crippen LogP contribution in [0.1, 0.15) is 59.6 Å². The molecule has 2 amide bonds. The van der Waals surface area contributed by atoms with Crippen molar-refractivity contribution in [2.24, 2.45) is 5.92 Å². The van der Waals surface area contributed by atoms with Crippen LogP contribution in [0.3, 0.4) is 0 Å². The molecule has 1 aliphatic carbocycles. The van der Waals surface area contributed by atoms with Crippen molar-refractivity contribution in [3.8, 4) is 0 Å². The number of hydrogen-bond donors (Lipinski definition) is 1. The molecule has 1 saturated carbocycles. The van der Waals surface area contributed by atoms with Gasteiger partial charge in [0.2, 0.25) is 5.91 Å². The maximum atomic E-state index is 13.0. The molecule has 0 bridgehead atoms. The predicted octanol–water partition coefficient (Wildman–Crippen LogP) is 3.70. The average Bonchev–Trinajstić information content (AvgIpc) is 3.62. The number of aromatic nitrogens is 1. The number of pyridine rings is 1. The second-order valence-corrected chi connectivity index (χ2v) is 8.41. The fourth-order valence-electron chi connectivity index (χ4n) is 3.93. The van der Waals surface area contributed by atoms with Crippen LogP contribution in [-0.2, 0) is 11.2 Å². The van der Waals surface area contributed by atoms with Crippen LogP contribution in [0.15, 0.2) is 42.6 Å². The maximum Gasteiger partial charge on any atom is 0.252 e. The van der Waals surface area contributed by atoms with Gasteiger partial charge in [-0.2, -0.15) is 0 Å². The molecule has 5 nitrogen and oxygen atoms in total. The topological polar surface area (TPSA) is 62.3 Å². The van der Waals surface area contributed by atoms with Gasteiger partial charge in [0.05, 0.1) is 5.56 Å². The van der Waals surface area contributed by atoms with Crippen LogP contribution in [0.5, 0.6) is 0 Å². The molecule has 2 aliphatic rings. The lowest BCUT2D eigenvalue weighted by Crippen LogP contribution is -2.38. The Hall–Kier alpha value is -2.76. The van der Waals surface area contributed by atoms with E-state index < -0.39 is 0 Å². The van der Waals surface area contributed by atoms with Crippen LogP contribution in [-0.4, -0.2) is 41.3 Å². The molecule has 0 spiro atoms. The Morgan fingerprint density at radius 2 is 1.77 bits per heavy atom. The molecule has 1 aliphatic heterocycles. The number of amides is 2. The van der Waals surface area contributed by atoms with E-state index in [1.54, 1.807) is 18.3 Å². The molecule has 2 fully saturated rings. The van der Waals surface area contributed by atoms with Crippen LogP contribution in [0, 0.1) is 11.7 Å². The Bertz CT molecular complexity index is 870. The molecule has 30 heavy (non-hydrogen) atoms. The van der Waals surface area contributed by atoms with Gasteiger partial charge in [0.1, 0.15) is 5.82 Å². The average molecular weight is 410 g/mol. The number of nitrogens with one attached hydrogen (secondary N) is 1. The van der Waals surface area contributed by atoms with Crippen LogP contribution < -0.4 is 5.32 Å². The van der Waals surface area contributed by atoms with Crippen molar-refractivity contribution in [2.75, 3.05) is 19.6 Å². The van der Waals surface area contributed by atoms with E-state index in [9.17, 15) is 14.0 Å². The normalized spacial score (nSPS) is 17.0. The fourth-order valence-corrected chi connectivity index (χ4v) is 3.93. The van der Waals surface area contributed by atoms with Crippen molar-refractivity contribution < 1.29 is 14.0 Å². The molecule has 4 rings (SSSR count). The molecule has 0 atom stereocenters. The van der Waals surface area contributed by atoms with E-state index >= 15 is 0 Å². The Labute approximate surface area is 176 Å². The zero-order valence-corrected chi connectivity index (χ0v) is 17.1. The minimum atomic E-state index is -0.257. The molecule has 2 heterocycles. The van der Waals surface area contributed by atoms with Crippen LogP contribution >= 0.6 is 0 Å². The third-order valence-electron chi connectivity index (χ3n) is 6.10. The summed E-state index contributed by atoms with van der Waals surface area (Å²) < 4.78 is 13.0. The van der Waals surface area contributed by atoms with E-state index in [1.165, 1.54) is 25.0 Å². The standard InChI is InChI=1S/C24H28FN3O2/c25-21-7-3-17(4-8-21)5-10-23(29)28-13-11-19(12-14-28)22-9-6-20(16-26-22)24(30)27-15-18-1-2-18/h3-4,6-9,16,18-19H,1-2,5,10-15H2,(H,27,30). The highest BCUT2D eigenvalue weighted by atomic mass is 19.1. The van der Waals surface area contributed by atoms with Gasteiger partial charge in [0, 0.05) is 43.9 Å². The fraction of sp³-hybridized carbons (Fsp3) is 0.458. The summed E-state index contributed by atoms with van der Waals surface area (Å²) in [5.74, 6) is 0.808. The molecule has 1 N–H and O–H groups in total. The first kappa shape index (κ1) is 20.5.